The summed E-state index contributed by atoms with van der Waals surface area (Å²) in [7, 11) is 0. The van der Waals surface area contributed by atoms with Crippen LogP contribution in [-0.4, -0.2) is 40.6 Å². The van der Waals surface area contributed by atoms with Crippen LogP contribution in [0, 0.1) is 11.3 Å². The van der Waals surface area contributed by atoms with E-state index in [1.165, 1.54) is 6.33 Å². The van der Waals surface area contributed by atoms with Crippen LogP contribution in [0.2, 0.25) is 5.02 Å². The van der Waals surface area contributed by atoms with E-state index in [-0.39, 0.29) is 29.8 Å². The predicted molar refractivity (Wildman–Crippen MR) is 105 cm³/mol. The molecule has 0 saturated carbocycles. The van der Waals surface area contributed by atoms with E-state index < -0.39 is 11.8 Å². The molecule has 0 aliphatic carbocycles. The normalized spacial score (nSPS) is 18.9. The Morgan fingerprint density at radius 3 is 3.00 bits per heavy atom. The first-order chi connectivity index (χ1) is 12.9. The van der Waals surface area contributed by atoms with Gasteiger partial charge in [-0.25, -0.2) is 18.7 Å². The SMILES string of the molecule is N=C(Sc1cccc(Cl)c1)c1c(N)ncnc1NCC1CCNCC1(F)F. The Kier molecular flexibility index (Phi) is 6.13. The van der Waals surface area contributed by atoms with Crippen LogP contribution in [0.15, 0.2) is 35.5 Å². The van der Waals surface area contributed by atoms with Gasteiger partial charge in [0, 0.05) is 22.4 Å². The monoisotopic (exact) mass is 412 g/mol. The average Bonchev–Trinajstić information content (AvgIpc) is 2.60. The van der Waals surface area contributed by atoms with Crippen LogP contribution in [-0.2, 0) is 0 Å². The molecule has 1 saturated heterocycles. The molecule has 1 aliphatic heterocycles. The summed E-state index contributed by atoms with van der Waals surface area (Å²) in [5.74, 6) is -3.23. The summed E-state index contributed by atoms with van der Waals surface area (Å²) in [5.41, 5.74) is 6.23. The third kappa shape index (κ3) is 4.85. The van der Waals surface area contributed by atoms with Crippen LogP contribution in [0.25, 0.3) is 0 Å². The van der Waals surface area contributed by atoms with E-state index in [1.807, 2.05) is 6.07 Å². The Morgan fingerprint density at radius 2 is 2.26 bits per heavy atom. The predicted octanol–water partition coefficient (Wildman–Crippen LogP) is 3.49. The molecular weight excluding hydrogens is 394 g/mol. The molecule has 6 nitrogen and oxygen atoms in total. The van der Waals surface area contributed by atoms with Gasteiger partial charge in [-0.15, -0.1) is 0 Å². The van der Waals surface area contributed by atoms with Gasteiger partial charge in [-0.3, -0.25) is 5.41 Å². The van der Waals surface area contributed by atoms with E-state index in [9.17, 15) is 8.78 Å². The number of nitrogens with zero attached hydrogens (tertiary/aromatic N) is 2. The van der Waals surface area contributed by atoms with Crippen molar-refractivity contribution in [3.8, 4) is 0 Å². The average molecular weight is 413 g/mol. The lowest BCUT2D eigenvalue weighted by Crippen LogP contribution is -2.48. The minimum absolute atomic E-state index is 0.0350. The zero-order chi connectivity index (χ0) is 19.4. The van der Waals surface area contributed by atoms with E-state index >= 15 is 0 Å². The van der Waals surface area contributed by atoms with Gasteiger partial charge in [-0.1, -0.05) is 29.4 Å². The molecule has 27 heavy (non-hydrogen) atoms. The molecule has 10 heteroatoms. The van der Waals surface area contributed by atoms with Crippen LogP contribution >= 0.6 is 23.4 Å². The van der Waals surface area contributed by atoms with Gasteiger partial charge in [0.1, 0.15) is 23.0 Å². The third-order valence-electron chi connectivity index (χ3n) is 4.26. The molecule has 1 fully saturated rings. The van der Waals surface area contributed by atoms with E-state index in [0.717, 1.165) is 16.7 Å². The van der Waals surface area contributed by atoms with Crippen molar-refractivity contribution in [2.75, 3.05) is 30.7 Å². The molecule has 0 bridgehead atoms. The molecule has 1 aromatic carbocycles. The van der Waals surface area contributed by atoms with Gasteiger partial charge < -0.3 is 16.4 Å². The topological polar surface area (TPSA) is 99.7 Å². The van der Waals surface area contributed by atoms with Crippen LogP contribution in [0.5, 0.6) is 0 Å². The van der Waals surface area contributed by atoms with Crippen molar-refractivity contribution in [2.45, 2.75) is 17.2 Å². The molecule has 2 heterocycles. The second-order valence-corrected chi connectivity index (χ2v) is 7.70. The maximum atomic E-state index is 14.0. The number of nitrogens with one attached hydrogen (secondary N) is 3. The number of hydrogen-bond acceptors (Lipinski definition) is 7. The zero-order valence-electron chi connectivity index (χ0n) is 14.3. The summed E-state index contributed by atoms with van der Waals surface area (Å²) in [6.07, 6.45) is 1.60. The van der Waals surface area contributed by atoms with Gasteiger partial charge in [0.15, 0.2) is 0 Å². The number of benzene rings is 1. The van der Waals surface area contributed by atoms with Gasteiger partial charge in [-0.2, -0.15) is 0 Å². The van der Waals surface area contributed by atoms with Gasteiger partial charge in [0.25, 0.3) is 5.92 Å². The van der Waals surface area contributed by atoms with Crippen molar-refractivity contribution in [2.24, 2.45) is 5.92 Å². The van der Waals surface area contributed by atoms with Crippen LogP contribution in [0.1, 0.15) is 12.0 Å². The van der Waals surface area contributed by atoms with Crippen molar-refractivity contribution in [3.05, 3.63) is 41.2 Å². The van der Waals surface area contributed by atoms with Crippen molar-refractivity contribution in [1.29, 1.82) is 5.41 Å². The Labute approximate surface area is 164 Å². The number of nitrogen functional groups attached to an aromatic ring is 1. The second kappa shape index (κ2) is 8.37. The van der Waals surface area contributed by atoms with Crippen LogP contribution in [0.3, 0.4) is 0 Å². The summed E-state index contributed by atoms with van der Waals surface area (Å²) < 4.78 is 28.0. The van der Waals surface area contributed by atoms with Gasteiger partial charge in [-0.05, 0) is 31.2 Å². The van der Waals surface area contributed by atoms with Gasteiger partial charge in [0.05, 0.1) is 12.1 Å². The minimum Gasteiger partial charge on any atom is -0.383 e. The molecule has 3 rings (SSSR count). The van der Waals surface area contributed by atoms with E-state index in [4.69, 9.17) is 22.7 Å². The molecule has 0 spiro atoms. The first kappa shape index (κ1) is 19.8. The maximum absolute atomic E-state index is 14.0. The molecule has 2 aromatic rings. The molecule has 1 aliphatic rings. The number of thioether (sulfide) groups is 1. The second-order valence-electron chi connectivity index (χ2n) is 6.18. The number of nitrogens with two attached hydrogens (primary N) is 1. The summed E-state index contributed by atoms with van der Waals surface area (Å²) in [6.45, 7) is 0.243. The minimum atomic E-state index is -2.80. The van der Waals surface area contributed by atoms with Gasteiger partial charge in [0.2, 0.25) is 0 Å². The van der Waals surface area contributed by atoms with Crippen LogP contribution in [0.4, 0.5) is 20.4 Å². The van der Waals surface area contributed by atoms with E-state index in [2.05, 4.69) is 20.6 Å². The Balaban J connectivity index is 1.77. The zero-order valence-corrected chi connectivity index (χ0v) is 15.9. The Bertz CT molecular complexity index is 835. The number of alkyl halides is 2. The lowest BCUT2D eigenvalue weighted by atomic mass is 9.94. The number of aromatic nitrogens is 2. The molecule has 1 atom stereocenters. The fourth-order valence-electron chi connectivity index (χ4n) is 2.81. The standard InChI is InChI=1S/C17H19ClF2N6S/c18-11-2-1-3-12(6-11)27-15(22)13-14(21)25-9-26-16(13)24-7-10-4-5-23-8-17(10,19)20/h1-3,6,9-10,22-23H,4-5,7-8H2,(H3,21,24,25,26). The largest absolute Gasteiger partial charge is 0.383 e. The molecule has 5 N–H and O–H groups in total. The Hall–Kier alpha value is -1.97. The summed E-state index contributed by atoms with van der Waals surface area (Å²) >= 11 is 7.12. The van der Waals surface area contributed by atoms with Crippen molar-refractivity contribution < 1.29 is 8.78 Å². The number of anilines is 2. The molecule has 0 amide bonds. The van der Waals surface area contributed by atoms with Crippen molar-refractivity contribution >= 4 is 40.0 Å². The smallest absolute Gasteiger partial charge is 0.264 e. The highest BCUT2D eigenvalue weighted by Crippen LogP contribution is 2.32. The fraction of sp³-hybridized carbons (Fsp3) is 0.353. The first-order valence-electron chi connectivity index (χ1n) is 8.32. The number of halogens is 3. The number of hydrogen-bond donors (Lipinski definition) is 4. The van der Waals surface area contributed by atoms with Crippen LogP contribution < -0.4 is 16.4 Å². The molecule has 0 radical (unpaired) electrons. The van der Waals surface area contributed by atoms with Crippen molar-refractivity contribution in [3.63, 3.8) is 0 Å². The third-order valence-corrected chi connectivity index (χ3v) is 5.40. The number of rotatable bonds is 5. The highest BCUT2D eigenvalue weighted by Gasteiger charge is 2.41. The first-order valence-corrected chi connectivity index (χ1v) is 9.51. The maximum Gasteiger partial charge on any atom is 0.264 e. The molecule has 1 unspecified atom stereocenters. The lowest BCUT2D eigenvalue weighted by Gasteiger charge is -2.32. The Morgan fingerprint density at radius 1 is 1.44 bits per heavy atom. The fourth-order valence-corrected chi connectivity index (χ4v) is 3.94. The highest BCUT2D eigenvalue weighted by atomic mass is 35.5. The molecule has 1 aromatic heterocycles. The number of piperidine rings is 1. The van der Waals surface area contributed by atoms with Crippen molar-refractivity contribution in [1.82, 2.24) is 15.3 Å². The quantitative estimate of drug-likeness (QED) is 0.341. The van der Waals surface area contributed by atoms with E-state index in [1.54, 1.807) is 18.2 Å². The molecule has 144 valence electrons. The molecular formula is C17H19ClF2N6S. The summed E-state index contributed by atoms with van der Waals surface area (Å²) in [6, 6.07) is 7.06. The van der Waals surface area contributed by atoms with Gasteiger partial charge >= 0.3 is 0 Å². The summed E-state index contributed by atoms with van der Waals surface area (Å²) in [5, 5.41) is 14.7. The summed E-state index contributed by atoms with van der Waals surface area (Å²) in [4.78, 5) is 8.80. The van der Waals surface area contributed by atoms with E-state index in [0.29, 0.717) is 23.6 Å². The lowest BCUT2D eigenvalue weighted by molar-refractivity contribution is -0.0678. The highest BCUT2D eigenvalue weighted by molar-refractivity contribution is 8.14.